The first-order chi connectivity index (χ1) is 8.04. The van der Waals surface area contributed by atoms with Gasteiger partial charge in [-0.05, 0) is 53.6 Å². The van der Waals surface area contributed by atoms with Crippen molar-refractivity contribution in [3.05, 3.63) is 32.7 Å². The van der Waals surface area contributed by atoms with Gasteiger partial charge in [0, 0.05) is 10.0 Å². The summed E-state index contributed by atoms with van der Waals surface area (Å²) in [6.45, 7) is 4.23. The van der Waals surface area contributed by atoms with Gasteiger partial charge in [-0.1, -0.05) is 22.9 Å². The van der Waals surface area contributed by atoms with Crippen molar-refractivity contribution in [1.29, 1.82) is 0 Å². The van der Waals surface area contributed by atoms with Crippen molar-refractivity contribution in [3.63, 3.8) is 0 Å². The fraction of sp³-hybridized carbons (Fsp3) is 0.308. The molecule has 0 atom stereocenters. The Morgan fingerprint density at radius 2 is 2.12 bits per heavy atom. The molecule has 0 radical (unpaired) electrons. The molecule has 0 unspecified atom stereocenters. The number of benzene rings is 1. The first kappa shape index (κ1) is 14.5. The van der Waals surface area contributed by atoms with Crippen LogP contribution in [0.25, 0.3) is 6.08 Å². The molecule has 0 saturated carbocycles. The van der Waals surface area contributed by atoms with Gasteiger partial charge in [0.25, 0.3) is 0 Å². The van der Waals surface area contributed by atoms with E-state index in [1.54, 1.807) is 6.08 Å². The zero-order chi connectivity index (χ0) is 12.8. The fourth-order valence-electron chi connectivity index (χ4n) is 1.27. The standard InChI is InChI=1S/C13H14Br2O2/c1-3-6-17-13-10(5-4-9(2)16)7-11(14)8-12(13)15/h4-5,7-8H,3,6H2,1-2H3. The Morgan fingerprint density at radius 3 is 2.71 bits per heavy atom. The largest absolute Gasteiger partial charge is 0.492 e. The number of carbonyl (C=O) groups is 1. The van der Waals surface area contributed by atoms with Gasteiger partial charge in [-0.3, -0.25) is 4.79 Å². The third kappa shape index (κ3) is 4.64. The maximum absolute atomic E-state index is 11.0. The second-order valence-electron chi connectivity index (χ2n) is 3.60. The molecule has 2 nitrogen and oxygen atoms in total. The second-order valence-corrected chi connectivity index (χ2v) is 5.37. The topological polar surface area (TPSA) is 26.3 Å². The molecule has 0 bridgehead atoms. The van der Waals surface area contributed by atoms with E-state index in [-0.39, 0.29) is 5.78 Å². The summed E-state index contributed by atoms with van der Waals surface area (Å²) in [6, 6.07) is 3.85. The van der Waals surface area contributed by atoms with E-state index in [2.05, 4.69) is 38.8 Å². The van der Waals surface area contributed by atoms with E-state index < -0.39 is 0 Å². The second kappa shape index (κ2) is 6.97. The molecule has 17 heavy (non-hydrogen) atoms. The van der Waals surface area contributed by atoms with Gasteiger partial charge in [0.15, 0.2) is 5.78 Å². The molecule has 4 heteroatoms. The van der Waals surface area contributed by atoms with Crippen LogP contribution in [0, 0.1) is 0 Å². The van der Waals surface area contributed by atoms with Crippen LogP contribution in [0.4, 0.5) is 0 Å². The van der Waals surface area contributed by atoms with Crippen molar-refractivity contribution < 1.29 is 9.53 Å². The van der Waals surface area contributed by atoms with E-state index in [0.717, 1.165) is 26.7 Å². The zero-order valence-corrected chi connectivity index (χ0v) is 13.0. The van der Waals surface area contributed by atoms with Crippen molar-refractivity contribution in [2.45, 2.75) is 20.3 Å². The average Bonchev–Trinajstić information content (AvgIpc) is 2.24. The molecule has 1 aromatic carbocycles. The molecule has 0 spiro atoms. The van der Waals surface area contributed by atoms with Crippen LogP contribution in [0.15, 0.2) is 27.2 Å². The fourth-order valence-corrected chi connectivity index (χ4v) is 2.64. The summed E-state index contributed by atoms with van der Waals surface area (Å²) in [7, 11) is 0. The molecule has 0 aliphatic carbocycles. The van der Waals surface area contributed by atoms with Crippen LogP contribution in [0.2, 0.25) is 0 Å². The summed E-state index contributed by atoms with van der Waals surface area (Å²) in [6.07, 6.45) is 4.24. The van der Waals surface area contributed by atoms with E-state index in [4.69, 9.17) is 4.74 Å². The SMILES string of the molecule is CCCOc1c(Br)cc(Br)cc1C=CC(C)=O. The maximum atomic E-state index is 11.0. The zero-order valence-electron chi connectivity index (χ0n) is 9.80. The van der Waals surface area contributed by atoms with Gasteiger partial charge in [-0.2, -0.15) is 0 Å². The Kier molecular flexibility index (Phi) is 5.92. The van der Waals surface area contributed by atoms with Gasteiger partial charge < -0.3 is 4.74 Å². The van der Waals surface area contributed by atoms with Crippen LogP contribution in [0.1, 0.15) is 25.8 Å². The van der Waals surface area contributed by atoms with Crippen molar-refractivity contribution in [3.8, 4) is 5.75 Å². The van der Waals surface area contributed by atoms with Crippen molar-refractivity contribution in [1.82, 2.24) is 0 Å². The van der Waals surface area contributed by atoms with E-state index >= 15 is 0 Å². The Hall–Kier alpha value is -0.610. The lowest BCUT2D eigenvalue weighted by Crippen LogP contribution is -1.98. The first-order valence-electron chi connectivity index (χ1n) is 5.35. The minimum absolute atomic E-state index is 0.0162. The van der Waals surface area contributed by atoms with Gasteiger partial charge in [0.1, 0.15) is 5.75 Å². The van der Waals surface area contributed by atoms with E-state index in [9.17, 15) is 4.79 Å². The lowest BCUT2D eigenvalue weighted by molar-refractivity contribution is -0.112. The third-order valence-corrected chi connectivity index (χ3v) is 3.03. The normalized spacial score (nSPS) is 10.8. The number of carbonyl (C=O) groups excluding carboxylic acids is 1. The quantitative estimate of drug-likeness (QED) is 0.716. The van der Waals surface area contributed by atoms with Crippen molar-refractivity contribution in [2.24, 2.45) is 0 Å². The highest BCUT2D eigenvalue weighted by Gasteiger charge is 2.08. The molecule has 1 aromatic rings. The van der Waals surface area contributed by atoms with Crippen LogP contribution < -0.4 is 4.74 Å². The smallest absolute Gasteiger partial charge is 0.152 e. The first-order valence-corrected chi connectivity index (χ1v) is 6.93. The highest BCUT2D eigenvalue weighted by Crippen LogP contribution is 2.33. The van der Waals surface area contributed by atoms with Crippen LogP contribution in [0.3, 0.4) is 0 Å². The van der Waals surface area contributed by atoms with Gasteiger partial charge >= 0.3 is 0 Å². The van der Waals surface area contributed by atoms with Crippen molar-refractivity contribution >= 4 is 43.7 Å². The molecule has 0 N–H and O–H groups in total. The Labute approximate surface area is 118 Å². The Morgan fingerprint density at radius 1 is 1.41 bits per heavy atom. The van der Waals surface area contributed by atoms with Crippen LogP contribution in [0.5, 0.6) is 5.75 Å². The Balaban J connectivity index is 3.10. The predicted octanol–water partition coefficient (Wildman–Crippen LogP) is 4.60. The summed E-state index contributed by atoms with van der Waals surface area (Å²) in [5.74, 6) is 0.787. The molecule has 0 aliphatic rings. The average molecular weight is 362 g/mol. The number of ether oxygens (including phenoxy) is 1. The molecule has 0 fully saturated rings. The van der Waals surface area contributed by atoms with Crippen LogP contribution >= 0.6 is 31.9 Å². The van der Waals surface area contributed by atoms with Crippen LogP contribution in [-0.4, -0.2) is 12.4 Å². The number of hydrogen-bond acceptors (Lipinski definition) is 2. The molecule has 0 amide bonds. The van der Waals surface area contributed by atoms with Gasteiger partial charge in [0.2, 0.25) is 0 Å². The van der Waals surface area contributed by atoms with Gasteiger partial charge in [-0.25, -0.2) is 0 Å². The van der Waals surface area contributed by atoms with Gasteiger partial charge in [-0.15, -0.1) is 0 Å². The van der Waals surface area contributed by atoms with E-state index in [1.807, 2.05) is 12.1 Å². The summed E-state index contributed by atoms with van der Waals surface area (Å²) in [5, 5.41) is 0. The maximum Gasteiger partial charge on any atom is 0.152 e. The molecular formula is C13H14Br2O2. The highest BCUT2D eigenvalue weighted by molar-refractivity contribution is 9.11. The minimum atomic E-state index is 0.0162. The highest BCUT2D eigenvalue weighted by atomic mass is 79.9. The third-order valence-electron chi connectivity index (χ3n) is 1.99. The summed E-state index contributed by atoms with van der Waals surface area (Å²) in [5.41, 5.74) is 0.884. The molecule has 92 valence electrons. The monoisotopic (exact) mass is 360 g/mol. The lowest BCUT2D eigenvalue weighted by atomic mass is 10.1. The van der Waals surface area contributed by atoms with E-state index in [1.165, 1.54) is 13.0 Å². The summed E-state index contributed by atoms with van der Waals surface area (Å²) >= 11 is 6.88. The number of halogens is 2. The summed E-state index contributed by atoms with van der Waals surface area (Å²) < 4.78 is 7.49. The van der Waals surface area contributed by atoms with Crippen molar-refractivity contribution in [2.75, 3.05) is 6.61 Å². The number of ketones is 1. The number of rotatable bonds is 5. The number of allylic oxidation sites excluding steroid dienone is 1. The molecule has 1 rings (SSSR count). The molecule has 0 saturated heterocycles. The molecular weight excluding hydrogens is 348 g/mol. The predicted molar refractivity (Wildman–Crippen MR) is 77.3 cm³/mol. The molecule has 0 heterocycles. The minimum Gasteiger partial charge on any atom is -0.492 e. The summed E-state index contributed by atoms with van der Waals surface area (Å²) in [4.78, 5) is 11.0. The molecule has 0 aliphatic heterocycles. The van der Waals surface area contributed by atoms with E-state index in [0.29, 0.717) is 6.61 Å². The number of hydrogen-bond donors (Lipinski definition) is 0. The van der Waals surface area contributed by atoms with Gasteiger partial charge in [0.05, 0.1) is 11.1 Å². The molecule has 0 aromatic heterocycles. The lowest BCUT2D eigenvalue weighted by Gasteiger charge is -2.11. The van der Waals surface area contributed by atoms with Crippen LogP contribution in [-0.2, 0) is 4.79 Å². The Bertz CT molecular complexity index is 439.